The summed E-state index contributed by atoms with van der Waals surface area (Å²) >= 11 is 0. The molecule has 0 bridgehead atoms. The van der Waals surface area contributed by atoms with Crippen molar-refractivity contribution in [2.24, 2.45) is 0 Å². The van der Waals surface area contributed by atoms with Crippen LogP contribution < -0.4 is 0 Å². The van der Waals surface area contributed by atoms with Crippen molar-refractivity contribution < 1.29 is 28.6 Å². The molecule has 0 radical (unpaired) electrons. The highest BCUT2D eigenvalue weighted by molar-refractivity contribution is 5.84. The van der Waals surface area contributed by atoms with E-state index in [1.54, 1.807) is 32.9 Å². The van der Waals surface area contributed by atoms with Gasteiger partial charge < -0.3 is 14.2 Å². The standard InChI is InChI=1S/C17H22O6/c1-12(18)22-14(10-15(19)23-17(2,3)4)16(20)21-11-13-8-6-5-7-9-13/h5-9,14H,10-11H2,1-4H3/t14-/m1/s1. The Kier molecular flexibility index (Phi) is 6.75. The summed E-state index contributed by atoms with van der Waals surface area (Å²) < 4.78 is 15.1. The van der Waals surface area contributed by atoms with Crippen LogP contribution in [0.2, 0.25) is 0 Å². The summed E-state index contributed by atoms with van der Waals surface area (Å²) in [6.45, 7) is 6.32. The summed E-state index contributed by atoms with van der Waals surface area (Å²) in [5.41, 5.74) is 0.103. The molecular formula is C17H22O6. The minimum Gasteiger partial charge on any atom is -0.460 e. The van der Waals surface area contributed by atoms with Crippen molar-refractivity contribution in [1.29, 1.82) is 0 Å². The first-order valence-electron chi connectivity index (χ1n) is 7.27. The summed E-state index contributed by atoms with van der Waals surface area (Å²) in [6, 6.07) is 9.06. The Labute approximate surface area is 135 Å². The van der Waals surface area contributed by atoms with Crippen LogP contribution in [-0.4, -0.2) is 29.6 Å². The van der Waals surface area contributed by atoms with E-state index in [0.717, 1.165) is 12.5 Å². The first-order chi connectivity index (χ1) is 10.7. The number of carbonyl (C=O) groups excluding carboxylic acids is 3. The maximum absolute atomic E-state index is 12.0. The normalized spacial score (nSPS) is 12.2. The molecule has 1 aromatic carbocycles. The van der Waals surface area contributed by atoms with E-state index in [2.05, 4.69) is 0 Å². The van der Waals surface area contributed by atoms with Crippen LogP contribution >= 0.6 is 0 Å². The van der Waals surface area contributed by atoms with Gasteiger partial charge in [-0.1, -0.05) is 30.3 Å². The van der Waals surface area contributed by atoms with Crippen LogP contribution in [0.15, 0.2) is 30.3 Å². The first kappa shape index (κ1) is 18.7. The van der Waals surface area contributed by atoms with E-state index < -0.39 is 29.6 Å². The zero-order valence-electron chi connectivity index (χ0n) is 13.8. The second-order valence-electron chi connectivity index (χ2n) is 5.98. The maximum Gasteiger partial charge on any atom is 0.348 e. The van der Waals surface area contributed by atoms with Crippen LogP contribution in [0.4, 0.5) is 0 Å². The van der Waals surface area contributed by atoms with E-state index in [0.29, 0.717) is 0 Å². The summed E-state index contributed by atoms with van der Waals surface area (Å²) in [5.74, 6) is -2.09. The second kappa shape index (κ2) is 8.31. The smallest absolute Gasteiger partial charge is 0.348 e. The minimum absolute atomic E-state index is 0.0335. The molecule has 6 heteroatoms. The molecule has 0 spiro atoms. The highest BCUT2D eigenvalue weighted by Gasteiger charge is 2.29. The van der Waals surface area contributed by atoms with E-state index in [1.165, 1.54) is 0 Å². The van der Waals surface area contributed by atoms with E-state index in [4.69, 9.17) is 14.2 Å². The third-order valence-electron chi connectivity index (χ3n) is 2.57. The van der Waals surface area contributed by atoms with Crippen LogP contribution in [0, 0.1) is 0 Å². The lowest BCUT2D eigenvalue weighted by Crippen LogP contribution is -2.33. The van der Waals surface area contributed by atoms with E-state index >= 15 is 0 Å². The van der Waals surface area contributed by atoms with Gasteiger partial charge in [0.15, 0.2) is 0 Å². The highest BCUT2D eigenvalue weighted by atomic mass is 16.6. The van der Waals surface area contributed by atoms with Crippen molar-refractivity contribution in [3.05, 3.63) is 35.9 Å². The lowest BCUT2D eigenvalue weighted by molar-refractivity contribution is -0.174. The fourth-order valence-electron chi connectivity index (χ4n) is 1.73. The zero-order valence-corrected chi connectivity index (χ0v) is 13.8. The van der Waals surface area contributed by atoms with Gasteiger partial charge in [0.05, 0.1) is 6.42 Å². The molecule has 126 valence electrons. The molecule has 23 heavy (non-hydrogen) atoms. The Morgan fingerprint density at radius 3 is 2.22 bits per heavy atom. The van der Waals surface area contributed by atoms with Crippen molar-refractivity contribution in [3.63, 3.8) is 0 Å². The number of esters is 3. The molecule has 0 aromatic heterocycles. The SMILES string of the molecule is CC(=O)O[C@H](CC(=O)OC(C)(C)C)C(=O)OCc1ccccc1. The number of hydrogen-bond donors (Lipinski definition) is 0. The molecule has 1 atom stereocenters. The third-order valence-corrected chi connectivity index (χ3v) is 2.57. The Morgan fingerprint density at radius 1 is 1.09 bits per heavy atom. The minimum atomic E-state index is -1.31. The lowest BCUT2D eigenvalue weighted by atomic mass is 10.2. The van der Waals surface area contributed by atoms with Gasteiger partial charge in [0.2, 0.25) is 6.10 Å². The molecule has 0 aliphatic heterocycles. The predicted octanol–water partition coefficient (Wildman–Crippen LogP) is 2.39. The molecule has 0 saturated carbocycles. The van der Waals surface area contributed by atoms with Gasteiger partial charge in [-0.2, -0.15) is 0 Å². The zero-order chi connectivity index (χ0) is 17.5. The topological polar surface area (TPSA) is 78.9 Å². The summed E-state index contributed by atoms with van der Waals surface area (Å²) in [4.78, 5) is 35.0. The van der Waals surface area contributed by atoms with Crippen molar-refractivity contribution in [3.8, 4) is 0 Å². The average molecular weight is 322 g/mol. The molecule has 0 aliphatic rings. The number of carbonyl (C=O) groups is 3. The molecule has 0 aliphatic carbocycles. The first-order valence-corrected chi connectivity index (χ1v) is 7.27. The highest BCUT2D eigenvalue weighted by Crippen LogP contribution is 2.12. The second-order valence-corrected chi connectivity index (χ2v) is 5.98. The average Bonchev–Trinajstić information content (AvgIpc) is 2.42. The fraction of sp³-hybridized carbons (Fsp3) is 0.471. The van der Waals surface area contributed by atoms with Gasteiger partial charge in [-0.05, 0) is 26.3 Å². The maximum atomic E-state index is 12.0. The molecule has 0 saturated heterocycles. The van der Waals surface area contributed by atoms with Crippen LogP contribution in [-0.2, 0) is 35.2 Å². The van der Waals surface area contributed by atoms with Crippen LogP contribution in [0.25, 0.3) is 0 Å². The molecule has 0 N–H and O–H groups in total. The summed E-state index contributed by atoms with van der Waals surface area (Å²) in [5, 5.41) is 0. The molecule has 0 heterocycles. The molecule has 1 aromatic rings. The van der Waals surface area contributed by atoms with E-state index in [9.17, 15) is 14.4 Å². The van der Waals surface area contributed by atoms with Crippen molar-refractivity contribution in [1.82, 2.24) is 0 Å². The molecule has 0 unspecified atom stereocenters. The van der Waals surface area contributed by atoms with Crippen LogP contribution in [0.3, 0.4) is 0 Å². The van der Waals surface area contributed by atoms with Gasteiger partial charge in [-0.25, -0.2) is 4.79 Å². The van der Waals surface area contributed by atoms with Crippen molar-refractivity contribution in [2.45, 2.75) is 52.4 Å². The Balaban J connectivity index is 2.63. The fourth-order valence-corrected chi connectivity index (χ4v) is 1.73. The molecule has 6 nitrogen and oxygen atoms in total. The quantitative estimate of drug-likeness (QED) is 0.591. The van der Waals surface area contributed by atoms with Gasteiger partial charge in [0.25, 0.3) is 0 Å². The van der Waals surface area contributed by atoms with E-state index in [1.807, 2.05) is 18.2 Å². The number of rotatable bonds is 6. The largest absolute Gasteiger partial charge is 0.460 e. The molecular weight excluding hydrogens is 300 g/mol. The summed E-state index contributed by atoms with van der Waals surface area (Å²) in [7, 11) is 0. The van der Waals surface area contributed by atoms with Crippen LogP contribution in [0.1, 0.15) is 39.7 Å². The van der Waals surface area contributed by atoms with Gasteiger partial charge in [-0.3, -0.25) is 9.59 Å². The summed E-state index contributed by atoms with van der Waals surface area (Å²) in [6.07, 6.45) is -1.70. The van der Waals surface area contributed by atoms with Gasteiger partial charge in [0, 0.05) is 6.92 Å². The van der Waals surface area contributed by atoms with Gasteiger partial charge in [0.1, 0.15) is 12.2 Å². The lowest BCUT2D eigenvalue weighted by Gasteiger charge is -2.21. The van der Waals surface area contributed by atoms with Gasteiger partial charge >= 0.3 is 17.9 Å². The number of benzene rings is 1. The monoisotopic (exact) mass is 322 g/mol. The Bertz CT molecular complexity index is 544. The number of hydrogen-bond acceptors (Lipinski definition) is 6. The molecule has 0 fully saturated rings. The van der Waals surface area contributed by atoms with Gasteiger partial charge in [-0.15, -0.1) is 0 Å². The number of ether oxygens (including phenoxy) is 3. The molecule has 0 amide bonds. The van der Waals surface area contributed by atoms with Crippen molar-refractivity contribution in [2.75, 3.05) is 0 Å². The predicted molar refractivity (Wildman–Crippen MR) is 82.3 cm³/mol. The Hall–Kier alpha value is -2.37. The molecule has 1 rings (SSSR count). The van der Waals surface area contributed by atoms with E-state index in [-0.39, 0.29) is 13.0 Å². The third kappa shape index (κ3) is 7.99. The van der Waals surface area contributed by atoms with Crippen molar-refractivity contribution >= 4 is 17.9 Å². The van der Waals surface area contributed by atoms with Crippen LogP contribution in [0.5, 0.6) is 0 Å². The Morgan fingerprint density at radius 2 is 1.70 bits per heavy atom.